The minimum atomic E-state index is -0.329. The zero-order chi connectivity index (χ0) is 12.7. The van der Waals surface area contributed by atoms with Crippen LogP contribution in [0.1, 0.15) is 66.2 Å². The van der Waals surface area contributed by atoms with Gasteiger partial charge in [-0.2, -0.15) is 0 Å². The molecule has 2 nitrogen and oxygen atoms in total. The SMILES string of the molecule is CCC(C)(C)C(=O)O[C@]1(CC)C[C@H]2CC[C@@H]1C2. The average Bonchev–Trinajstić information content (AvgIpc) is 2.89. The van der Waals surface area contributed by atoms with Gasteiger partial charge in [-0.3, -0.25) is 4.79 Å². The lowest BCUT2D eigenvalue weighted by Gasteiger charge is -2.38. The molecular weight excluding hydrogens is 212 g/mol. The van der Waals surface area contributed by atoms with Crippen molar-refractivity contribution in [2.45, 2.75) is 71.8 Å². The van der Waals surface area contributed by atoms with Gasteiger partial charge < -0.3 is 4.74 Å². The quantitative estimate of drug-likeness (QED) is 0.694. The van der Waals surface area contributed by atoms with Crippen molar-refractivity contribution < 1.29 is 9.53 Å². The summed E-state index contributed by atoms with van der Waals surface area (Å²) in [5.41, 5.74) is -0.448. The van der Waals surface area contributed by atoms with Crippen LogP contribution in [0.3, 0.4) is 0 Å². The van der Waals surface area contributed by atoms with Crippen molar-refractivity contribution in [2.75, 3.05) is 0 Å². The number of esters is 1. The van der Waals surface area contributed by atoms with E-state index in [0.717, 1.165) is 25.2 Å². The van der Waals surface area contributed by atoms with Crippen molar-refractivity contribution >= 4 is 5.97 Å². The van der Waals surface area contributed by atoms with Crippen molar-refractivity contribution in [3.8, 4) is 0 Å². The van der Waals surface area contributed by atoms with Gasteiger partial charge in [-0.1, -0.05) is 13.8 Å². The summed E-state index contributed by atoms with van der Waals surface area (Å²) in [5.74, 6) is 1.46. The molecule has 2 heteroatoms. The summed E-state index contributed by atoms with van der Waals surface area (Å²) in [7, 11) is 0. The Morgan fingerprint density at radius 2 is 2.06 bits per heavy atom. The lowest BCUT2D eigenvalue weighted by molar-refractivity contribution is -0.177. The van der Waals surface area contributed by atoms with Crippen LogP contribution in [0.2, 0.25) is 0 Å². The molecule has 0 heterocycles. The van der Waals surface area contributed by atoms with Crippen LogP contribution in [-0.4, -0.2) is 11.6 Å². The standard InChI is InChI=1S/C15H26O2/c1-5-14(3,4)13(16)17-15(6-2)10-11-7-8-12(15)9-11/h11-12H,5-10H2,1-4H3/t11-,12+,15+/m0/s1. The molecule has 2 aliphatic rings. The van der Waals surface area contributed by atoms with Crippen LogP contribution in [-0.2, 0) is 9.53 Å². The molecular formula is C15H26O2. The predicted molar refractivity (Wildman–Crippen MR) is 68.6 cm³/mol. The van der Waals surface area contributed by atoms with Gasteiger partial charge in [0, 0.05) is 0 Å². The predicted octanol–water partition coefficient (Wildman–Crippen LogP) is 3.93. The lowest BCUT2D eigenvalue weighted by Crippen LogP contribution is -2.43. The van der Waals surface area contributed by atoms with Gasteiger partial charge in [0.15, 0.2) is 0 Å². The molecule has 2 aliphatic carbocycles. The van der Waals surface area contributed by atoms with Crippen molar-refractivity contribution in [1.82, 2.24) is 0 Å². The minimum Gasteiger partial charge on any atom is -0.458 e. The summed E-state index contributed by atoms with van der Waals surface area (Å²) in [6, 6.07) is 0. The maximum absolute atomic E-state index is 12.3. The summed E-state index contributed by atoms with van der Waals surface area (Å²) in [5, 5.41) is 0. The van der Waals surface area contributed by atoms with Crippen molar-refractivity contribution in [2.24, 2.45) is 17.3 Å². The minimum absolute atomic E-state index is 0.00870. The normalized spacial score (nSPS) is 36.2. The first-order valence-corrected chi connectivity index (χ1v) is 7.17. The van der Waals surface area contributed by atoms with Crippen LogP contribution in [0, 0.1) is 17.3 Å². The third-order valence-electron chi connectivity index (χ3n) is 5.25. The zero-order valence-corrected chi connectivity index (χ0v) is 11.7. The van der Waals surface area contributed by atoms with E-state index < -0.39 is 0 Å². The van der Waals surface area contributed by atoms with Crippen molar-refractivity contribution in [3.05, 3.63) is 0 Å². The fourth-order valence-corrected chi connectivity index (χ4v) is 3.49. The fourth-order valence-electron chi connectivity index (χ4n) is 3.49. The maximum Gasteiger partial charge on any atom is 0.312 e. The van der Waals surface area contributed by atoms with E-state index in [0.29, 0.717) is 5.92 Å². The van der Waals surface area contributed by atoms with Crippen LogP contribution in [0.15, 0.2) is 0 Å². The first-order valence-electron chi connectivity index (χ1n) is 7.17. The first-order chi connectivity index (χ1) is 7.93. The molecule has 2 fully saturated rings. The van der Waals surface area contributed by atoms with Crippen LogP contribution in [0.25, 0.3) is 0 Å². The molecule has 0 unspecified atom stereocenters. The Balaban J connectivity index is 2.09. The highest BCUT2D eigenvalue weighted by atomic mass is 16.6. The Labute approximate surface area is 105 Å². The molecule has 2 rings (SSSR count). The Hall–Kier alpha value is -0.530. The van der Waals surface area contributed by atoms with Crippen LogP contribution < -0.4 is 0 Å². The first kappa shape index (κ1) is 12.9. The second-order valence-corrected chi connectivity index (χ2v) is 6.63. The molecule has 3 atom stereocenters. The molecule has 0 radical (unpaired) electrons. The van der Waals surface area contributed by atoms with Crippen LogP contribution in [0.5, 0.6) is 0 Å². The number of rotatable bonds is 4. The second-order valence-electron chi connectivity index (χ2n) is 6.63. The van der Waals surface area contributed by atoms with E-state index in [-0.39, 0.29) is 17.0 Å². The molecule has 2 saturated carbocycles. The van der Waals surface area contributed by atoms with Gasteiger partial charge in [0.25, 0.3) is 0 Å². The summed E-state index contributed by atoms with van der Waals surface area (Å²) in [4.78, 5) is 12.3. The van der Waals surface area contributed by atoms with E-state index in [1.807, 2.05) is 13.8 Å². The van der Waals surface area contributed by atoms with Crippen LogP contribution >= 0.6 is 0 Å². The number of hydrogen-bond donors (Lipinski definition) is 0. The van der Waals surface area contributed by atoms with E-state index in [1.165, 1.54) is 19.3 Å². The van der Waals surface area contributed by atoms with E-state index in [2.05, 4.69) is 13.8 Å². The maximum atomic E-state index is 12.3. The van der Waals surface area contributed by atoms with Crippen molar-refractivity contribution in [3.63, 3.8) is 0 Å². The highest BCUT2D eigenvalue weighted by Gasteiger charge is 2.53. The van der Waals surface area contributed by atoms with E-state index in [1.54, 1.807) is 0 Å². The summed E-state index contributed by atoms with van der Waals surface area (Å²) in [6.07, 6.45) is 6.84. The highest BCUT2D eigenvalue weighted by molar-refractivity contribution is 5.76. The van der Waals surface area contributed by atoms with E-state index >= 15 is 0 Å². The monoisotopic (exact) mass is 238 g/mol. The average molecular weight is 238 g/mol. The molecule has 0 aliphatic heterocycles. The number of hydrogen-bond acceptors (Lipinski definition) is 2. The summed E-state index contributed by atoms with van der Waals surface area (Å²) < 4.78 is 6.00. The number of ether oxygens (including phenoxy) is 1. The van der Waals surface area contributed by atoms with Crippen molar-refractivity contribution in [1.29, 1.82) is 0 Å². The Bertz CT molecular complexity index is 308. The molecule has 0 aromatic heterocycles. The van der Waals surface area contributed by atoms with Gasteiger partial charge in [-0.05, 0) is 64.2 Å². The lowest BCUT2D eigenvalue weighted by atomic mass is 9.81. The largest absolute Gasteiger partial charge is 0.458 e. The molecule has 98 valence electrons. The summed E-state index contributed by atoms with van der Waals surface area (Å²) >= 11 is 0. The zero-order valence-electron chi connectivity index (χ0n) is 11.7. The van der Waals surface area contributed by atoms with Gasteiger partial charge >= 0.3 is 5.97 Å². The number of fused-ring (bicyclic) bond motifs is 2. The molecule has 0 saturated heterocycles. The van der Waals surface area contributed by atoms with Gasteiger partial charge in [-0.25, -0.2) is 0 Å². The Kier molecular flexibility index (Phi) is 3.26. The smallest absolute Gasteiger partial charge is 0.312 e. The Morgan fingerprint density at radius 3 is 2.47 bits per heavy atom. The van der Waals surface area contributed by atoms with E-state index in [9.17, 15) is 4.79 Å². The summed E-state index contributed by atoms with van der Waals surface area (Å²) in [6.45, 7) is 8.21. The molecule has 0 amide bonds. The molecule has 17 heavy (non-hydrogen) atoms. The molecule has 0 N–H and O–H groups in total. The Morgan fingerprint density at radius 1 is 1.35 bits per heavy atom. The molecule has 2 bridgehead atoms. The third-order valence-corrected chi connectivity index (χ3v) is 5.25. The molecule has 0 aromatic carbocycles. The highest BCUT2D eigenvalue weighted by Crippen LogP contribution is 2.54. The van der Waals surface area contributed by atoms with Gasteiger partial charge in [0.2, 0.25) is 0 Å². The van der Waals surface area contributed by atoms with Gasteiger partial charge in [0.05, 0.1) is 5.41 Å². The van der Waals surface area contributed by atoms with Gasteiger partial charge in [-0.15, -0.1) is 0 Å². The van der Waals surface area contributed by atoms with E-state index in [4.69, 9.17) is 4.74 Å². The fraction of sp³-hybridized carbons (Fsp3) is 0.933. The molecule has 0 spiro atoms. The number of carbonyl (C=O) groups excluding carboxylic acids is 1. The topological polar surface area (TPSA) is 26.3 Å². The van der Waals surface area contributed by atoms with Crippen LogP contribution in [0.4, 0.5) is 0 Å². The second kappa shape index (κ2) is 4.29. The number of carbonyl (C=O) groups is 1. The third kappa shape index (κ3) is 2.11. The molecule has 0 aromatic rings. The van der Waals surface area contributed by atoms with Gasteiger partial charge in [0.1, 0.15) is 5.60 Å².